The first kappa shape index (κ1) is 5.87. The van der Waals surface area contributed by atoms with Gasteiger partial charge in [0.05, 0.1) is 7.11 Å². The summed E-state index contributed by atoms with van der Waals surface area (Å²) in [4.78, 5) is 9.77. The van der Waals surface area contributed by atoms with Crippen LogP contribution in [-0.2, 0) is 4.74 Å². The summed E-state index contributed by atoms with van der Waals surface area (Å²) in [6.07, 6.45) is -0.914. The highest BCUT2D eigenvalue weighted by molar-refractivity contribution is 5.66. The van der Waals surface area contributed by atoms with Crippen LogP contribution >= 0.6 is 0 Å². The van der Waals surface area contributed by atoms with Crippen LogP contribution in [0.3, 0.4) is 0 Å². The third-order valence-corrected chi connectivity index (χ3v) is 0.301. The Labute approximate surface area is 39.6 Å². The van der Waals surface area contributed by atoms with E-state index in [4.69, 9.17) is 5.21 Å². The summed E-state index contributed by atoms with van der Waals surface area (Å²) in [5.74, 6) is 0. The van der Waals surface area contributed by atoms with Crippen LogP contribution in [0.25, 0.3) is 0 Å². The first-order valence-electron chi connectivity index (χ1n) is 1.44. The molecule has 0 aromatic carbocycles. The maximum absolute atomic E-state index is 9.77. The molecular weight excluding hydrogens is 100 g/mol. The Morgan fingerprint density at radius 2 is 2.43 bits per heavy atom. The Bertz CT molecular complexity index is 88.9. The standard InChI is InChI=1S/C2H4N2O3/c1-7-2(5)3-4-6/h1H3,(H,3,5,6). The topological polar surface area (TPSA) is 71.2 Å². The summed E-state index contributed by atoms with van der Waals surface area (Å²) < 4.78 is 3.93. The fourth-order valence-electron chi connectivity index (χ4n) is 0.0773. The molecule has 40 valence electrons. The van der Waals surface area contributed by atoms with Gasteiger partial charge in [-0.15, -0.1) is 0 Å². The quantitative estimate of drug-likeness (QED) is 0.361. The van der Waals surface area contributed by atoms with Gasteiger partial charge < -0.3 is 9.94 Å². The van der Waals surface area contributed by atoms with Crippen LogP contribution in [0.15, 0.2) is 10.4 Å². The van der Waals surface area contributed by atoms with Gasteiger partial charge in [-0.1, -0.05) is 0 Å². The summed E-state index contributed by atoms with van der Waals surface area (Å²) in [6.45, 7) is 0. The molecule has 0 aliphatic rings. The number of methoxy groups -OCH3 is 1. The van der Waals surface area contributed by atoms with Gasteiger partial charge in [-0.05, 0) is 5.11 Å². The van der Waals surface area contributed by atoms with Crippen molar-refractivity contribution in [1.29, 1.82) is 0 Å². The number of carbonyl (C=O) groups is 1. The molecule has 0 aromatic heterocycles. The molecule has 0 saturated carbocycles. The number of rotatable bonds is 0. The van der Waals surface area contributed by atoms with Crippen molar-refractivity contribution in [2.45, 2.75) is 0 Å². The molecule has 0 saturated heterocycles. The zero-order valence-electron chi connectivity index (χ0n) is 3.66. The molecule has 0 aliphatic carbocycles. The van der Waals surface area contributed by atoms with Gasteiger partial charge in [-0.2, -0.15) is 0 Å². The molecule has 1 N–H and O–H groups in total. The number of ether oxygens (including phenoxy) is 1. The average Bonchev–Trinajstić information content (AvgIpc) is 1.68. The van der Waals surface area contributed by atoms with Crippen molar-refractivity contribution in [2.75, 3.05) is 7.11 Å². The zero-order chi connectivity index (χ0) is 5.70. The third-order valence-electron chi connectivity index (χ3n) is 0.301. The van der Waals surface area contributed by atoms with Crippen molar-refractivity contribution in [1.82, 2.24) is 0 Å². The molecule has 0 bridgehead atoms. The summed E-state index contributed by atoms with van der Waals surface area (Å²) >= 11 is 0. The van der Waals surface area contributed by atoms with Gasteiger partial charge in [-0.25, -0.2) is 4.79 Å². The molecule has 5 nitrogen and oxygen atoms in total. The van der Waals surface area contributed by atoms with E-state index in [0.717, 1.165) is 7.11 Å². The molecule has 0 heterocycles. The normalized spacial score (nSPS) is 9.29. The molecule has 0 atom stereocenters. The fraction of sp³-hybridized carbons (Fsp3) is 0.500. The van der Waals surface area contributed by atoms with Gasteiger partial charge in [0.1, 0.15) is 0 Å². The van der Waals surface area contributed by atoms with Gasteiger partial charge in [-0.3, -0.25) is 0 Å². The van der Waals surface area contributed by atoms with Gasteiger partial charge >= 0.3 is 6.09 Å². The van der Waals surface area contributed by atoms with E-state index >= 15 is 0 Å². The molecule has 5 heteroatoms. The highest BCUT2D eigenvalue weighted by Crippen LogP contribution is 1.77. The molecule has 0 aromatic rings. The Hall–Kier alpha value is -1.13. The average molecular weight is 104 g/mol. The van der Waals surface area contributed by atoms with E-state index in [0.29, 0.717) is 0 Å². The second-order valence-corrected chi connectivity index (χ2v) is 0.659. The van der Waals surface area contributed by atoms with Gasteiger partial charge in [0, 0.05) is 5.28 Å². The molecule has 0 spiro atoms. The lowest BCUT2D eigenvalue weighted by Gasteiger charge is -1.81. The summed E-state index contributed by atoms with van der Waals surface area (Å²) in [7, 11) is 1.14. The minimum atomic E-state index is -0.914. The van der Waals surface area contributed by atoms with E-state index in [9.17, 15) is 4.79 Å². The highest BCUT2D eigenvalue weighted by Gasteiger charge is 1.89. The number of hydrogen-bond acceptors (Lipinski definition) is 3. The Morgan fingerprint density at radius 1 is 1.86 bits per heavy atom. The monoisotopic (exact) mass is 104 g/mol. The Morgan fingerprint density at radius 3 is 2.57 bits per heavy atom. The van der Waals surface area contributed by atoms with E-state index in [1.807, 2.05) is 0 Å². The SMILES string of the molecule is COC(=O)N=NO. The second kappa shape index (κ2) is 3.08. The van der Waals surface area contributed by atoms with Crippen LogP contribution in [0.1, 0.15) is 0 Å². The van der Waals surface area contributed by atoms with E-state index in [-0.39, 0.29) is 0 Å². The van der Waals surface area contributed by atoms with Gasteiger partial charge in [0.15, 0.2) is 0 Å². The van der Waals surface area contributed by atoms with Crippen molar-refractivity contribution in [3.05, 3.63) is 0 Å². The van der Waals surface area contributed by atoms with Crippen LogP contribution in [0.2, 0.25) is 0 Å². The number of nitrogens with zero attached hydrogens (tertiary/aromatic N) is 2. The van der Waals surface area contributed by atoms with Crippen molar-refractivity contribution in [3.63, 3.8) is 0 Å². The first-order valence-corrected chi connectivity index (χ1v) is 1.44. The van der Waals surface area contributed by atoms with E-state index in [2.05, 4.69) is 15.1 Å². The summed E-state index contributed by atoms with van der Waals surface area (Å²) in [5.41, 5.74) is 0. The molecule has 7 heavy (non-hydrogen) atoms. The lowest BCUT2D eigenvalue weighted by Crippen LogP contribution is -1.89. The van der Waals surface area contributed by atoms with Crippen LogP contribution in [0, 0.1) is 0 Å². The summed E-state index contributed by atoms with van der Waals surface area (Å²) in [6, 6.07) is 0. The number of hydrogen-bond donors (Lipinski definition) is 1. The molecule has 0 aliphatic heterocycles. The molecule has 0 radical (unpaired) electrons. The molecule has 1 amide bonds. The molecule has 0 rings (SSSR count). The molecule has 0 unspecified atom stereocenters. The molecular formula is C2H4N2O3. The summed E-state index contributed by atoms with van der Waals surface area (Å²) in [5, 5.41) is 12.2. The zero-order valence-corrected chi connectivity index (χ0v) is 3.66. The first-order chi connectivity index (χ1) is 3.31. The smallest absolute Gasteiger partial charge is 0.450 e. The van der Waals surface area contributed by atoms with E-state index in [1.54, 1.807) is 0 Å². The van der Waals surface area contributed by atoms with Crippen LogP contribution in [0.5, 0.6) is 0 Å². The maximum Gasteiger partial charge on any atom is 0.454 e. The van der Waals surface area contributed by atoms with Crippen LogP contribution < -0.4 is 0 Å². The van der Waals surface area contributed by atoms with Crippen molar-refractivity contribution < 1.29 is 14.7 Å². The largest absolute Gasteiger partial charge is 0.454 e. The van der Waals surface area contributed by atoms with Gasteiger partial charge in [0.25, 0.3) is 0 Å². The van der Waals surface area contributed by atoms with Crippen molar-refractivity contribution in [2.24, 2.45) is 10.4 Å². The Balaban J connectivity index is 3.37. The predicted octanol–water partition coefficient (Wildman–Crippen LogP) is 0.594. The Kier molecular flexibility index (Phi) is 2.58. The fourth-order valence-corrected chi connectivity index (χ4v) is 0.0773. The van der Waals surface area contributed by atoms with E-state index < -0.39 is 6.09 Å². The van der Waals surface area contributed by atoms with Gasteiger partial charge in [0.2, 0.25) is 0 Å². The lowest BCUT2D eigenvalue weighted by molar-refractivity contribution is 0.172. The van der Waals surface area contributed by atoms with Crippen molar-refractivity contribution in [3.8, 4) is 0 Å². The third kappa shape index (κ3) is 2.68. The highest BCUT2D eigenvalue weighted by atomic mass is 16.5. The van der Waals surface area contributed by atoms with Crippen LogP contribution in [-0.4, -0.2) is 18.4 Å². The predicted molar refractivity (Wildman–Crippen MR) is 19.0 cm³/mol. The second-order valence-electron chi connectivity index (χ2n) is 0.659. The maximum atomic E-state index is 9.77. The number of carbonyl (C=O) groups excluding carboxylic acids is 1. The minimum absolute atomic E-state index is 0.914. The van der Waals surface area contributed by atoms with Crippen LogP contribution in [0.4, 0.5) is 4.79 Å². The lowest BCUT2D eigenvalue weighted by atomic mass is 11.2. The van der Waals surface area contributed by atoms with E-state index in [1.165, 1.54) is 0 Å². The number of amides is 1. The van der Waals surface area contributed by atoms with Crippen molar-refractivity contribution >= 4 is 6.09 Å². The molecule has 0 fully saturated rings. The minimum Gasteiger partial charge on any atom is -0.450 e.